The van der Waals surface area contributed by atoms with Crippen LogP contribution in [0.15, 0.2) is 36.4 Å². The average molecular weight is 812 g/mol. The Labute approximate surface area is 344 Å². The third-order valence-electron chi connectivity index (χ3n) is 10.1. The minimum Gasteiger partial charge on any atom is -0.497 e. The van der Waals surface area contributed by atoms with E-state index in [9.17, 15) is 19.2 Å². The lowest BCUT2D eigenvalue weighted by Gasteiger charge is -2.51. The topological polar surface area (TPSA) is 145 Å². The highest BCUT2D eigenvalue weighted by molar-refractivity contribution is 5.78. The molecule has 0 unspecified atom stereocenters. The minimum absolute atomic E-state index is 0.350. The average Bonchev–Trinajstić information content (AvgIpc) is 3.13. The molecular weight excluding hydrogens is 746 g/mol. The Morgan fingerprint density at radius 3 is 1.60 bits per heavy atom. The summed E-state index contributed by atoms with van der Waals surface area (Å²) in [5.41, 5.74) is -0.926. The fourth-order valence-electron chi connectivity index (χ4n) is 6.54. The highest BCUT2D eigenvalue weighted by Gasteiger charge is 2.57. The summed E-state index contributed by atoms with van der Waals surface area (Å²) in [7, 11) is 4.77. The van der Waals surface area contributed by atoms with Crippen molar-refractivity contribution < 1.29 is 57.1 Å². The number of hydrogen-bond acceptors (Lipinski definition) is 13. The molecule has 0 amide bonds. The number of nitrogens with zero attached hydrogens (tertiary/aromatic N) is 1. The van der Waals surface area contributed by atoms with Gasteiger partial charge in [-0.05, 0) is 137 Å². The first-order chi connectivity index (χ1) is 26.8. The Morgan fingerprint density at radius 1 is 0.638 bits per heavy atom. The Kier molecular flexibility index (Phi) is 14.3. The molecule has 0 saturated carbocycles. The molecule has 13 nitrogen and oxygen atoms in total. The number of esters is 4. The van der Waals surface area contributed by atoms with Crippen molar-refractivity contribution in [1.29, 1.82) is 0 Å². The van der Waals surface area contributed by atoms with Crippen molar-refractivity contribution in [2.75, 3.05) is 34.5 Å². The summed E-state index contributed by atoms with van der Waals surface area (Å²) in [6.45, 7) is 20.6. The lowest BCUT2D eigenvalue weighted by Crippen LogP contribution is -2.68. The second kappa shape index (κ2) is 17.9. The smallest absolute Gasteiger partial charge is 0.311 e. The van der Waals surface area contributed by atoms with Gasteiger partial charge in [0.05, 0.1) is 43.0 Å². The molecule has 0 aliphatic carbocycles. The Balaban J connectivity index is 1.99. The summed E-state index contributed by atoms with van der Waals surface area (Å²) in [5, 5.41) is 0. The van der Waals surface area contributed by atoms with Gasteiger partial charge in [-0.25, -0.2) is 0 Å². The first-order valence-electron chi connectivity index (χ1n) is 19.9. The molecule has 4 rings (SSSR count). The molecule has 0 spiro atoms. The van der Waals surface area contributed by atoms with Gasteiger partial charge in [0.1, 0.15) is 18.5 Å². The van der Waals surface area contributed by atoms with Crippen LogP contribution in [0.2, 0.25) is 0 Å². The molecule has 1 saturated heterocycles. The maximum absolute atomic E-state index is 14.0. The van der Waals surface area contributed by atoms with Gasteiger partial charge in [-0.3, -0.25) is 24.1 Å². The van der Waals surface area contributed by atoms with Crippen LogP contribution in [0.3, 0.4) is 0 Å². The molecule has 0 aromatic heterocycles. The summed E-state index contributed by atoms with van der Waals surface area (Å²) in [4.78, 5) is 57.1. The molecule has 58 heavy (non-hydrogen) atoms. The van der Waals surface area contributed by atoms with Crippen LogP contribution < -0.4 is 14.2 Å². The number of rotatable bonds is 11. The van der Waals surface area contributed by atoms with E-state index >= 15 is 0 Å². The SMILES string of the molecule is COc1ccc(C[C@@H]2c3cc(OC)c(OC)cc3CCN2[C@H]2O[C@H](COC(=O)C(C)(C)C)[C@H](OC(=O)C(C)(C)C)[C@H](OC(=O)C(C)(C)C)[C@H]2OC(=O)C(C)(C)C)cc1. The molecule has 322 valence electrons. The van der Waals surface area contributed by atoms with Gasteiger partial charge >= 0.3 is 23.9 Å². The largest absolute Gasteiger partial charge is 0.497 e. The molecule has 2 aliphatic heterocycles. The van der Waals surface area contributed by atoms with Gasteiger partial charge in [0.25, 0.3) is 0 Å². The molecule has 13 heteroatoms. The highest BCUT2D eigenvalue weighted by atomic mass is 16.7. The van der Waals surface area contributed by atoms with E-state index in [0.29, 0.717) is 36.6 Å². The number of fused-ring (bicyclic) bond motifs is 1. The first kappa shape index (κ1) is 46.3. The fraction of sp³-hybridized carbons (Fsp3) is 0.644. The van der Waals surface area contributed by atoms with E-state index in [2.05, 4.69) is 4.90 Å². The number of carbonyl (C=O) groups is 4. The number of benzene rings is 2. The van der Waals surface area contributed by atoms with E-state index in [0.717, 1.165) is 16.7 Å². The van der Waals surface area contributed by atoms with Gasteiger partial charge in [0, 0.05) is 12.6 Å². The summed E-state index contributed by atoms with van der Waals surface area (Å²) < 4.78 is 48.8. The molecule has 2 aliphatic rings. The van der Waals surface area contributed by atoms with Gasteiger partial charge in [-0.1, -0.05) is 12.1 Å². The van der Waals surface area contributed by atoms with E-state index in [1.54, 1.807) is 104 Å². The second-order valence-corrected chi connectivity index (χ2v) is 19.2. The third kappa shape index (κ3) is 11.0. The van der Waals surface area contributed by atoms with Gasteiger partial charge in [0.15, 0.2) is 36.0 Å². The predicted molar refractivity (Wildman–Crippen MR) is 216 cm³/mol. The number of methoxy groups -OCH3 is 3. The molecule has 2 aromatic rings. The Morgan fingerprint density at radius 2 is 1.12 bits per heavy atom. The van der Waals surface area contributed by atoms with Crippen LogP contribution in [-0.2, 0) is 55.7 Å². The van der Waals surface area contributed by atoms with E-state index in [-0.39, 0.29) is 6.61 Å². The lowest BCUT2D eigenvalue weighted by molar-refractivity contribution is -0.288. The quantitative estimate of drug-likeness (QED) is 0.169. The summed E-state index contributed by atoms with van der Waals surface area (Å²) in [6, 6.07) is 11.2. The zero-order chi connectivity index (χ0) is 43.5. The van der Waals surface area contributed by atoms with Crippen LogP contribution in [-0.4, -0.2) is 93.9 Å². The zero-order valence-electron chi connectivity index (χ0n) is 37.1. The summed E-state index contributed by atoms with van der Waals surface area (Å²) in [6.07, 6.45) is -5.30. The molecule has 6 atom stereocenters. The van der Waals surface area contributed by atoms with Crippen LogP contribution in [0.5, 0.6) is 17.2 Å². The number of carbonyl (C=O) groups excluding carboxylic acids is 4. The van der Waals surface area contributed by atoms with Crippen LogP contribution >= 0.6 is 0 Å². The maximum atomic E-state index is 14.0. The number of hydrogen-bond donors (Lipinski definition) is 0. The van der Waals surface area contributed by atoms with Crippen molar-refractivity contribution in [1.82, 2.24) is 4.90 Å². The predicted octanol–water partition coefficient (Wildman–Crippen LogP) is 7.04. The molecular formula is C45H65NO12. The van der Waals surface area contributed by atoms with Crippen molar-refractivity contribution in [3.63, 3.8) is 0 Å². The summed E-state index contributed by atoms with van der Waals surface area (Å²) in [5.74, 6) is -0.515. The fourth-order valence-corrected chi connectivity index (χ4v) is 6.54. The standard InChI is InChI=1S/C45H65NO12/c1-42(2,3)38(47)54-25-33-34(56-39(48)43(4,5)6)35(57-40(49)44(7,8)9)36(58-41(50)45(10,11)12)37(55-33)46-21-20-27-23-31(52-14)32(53-15)24-29(27)30(46)22-26-16-18-28(51-13)19-17-26/h16-19,23-24,30,33-37H,20-22,25H2,1-15H3/t30-,33-,34+,35+,36-,37+/m1/s1. The van der Waals surface area contributed by atoms with Crippen LogP contribution in [0.4, 0.5) is 0 Å². The van der Waals surface area contributed by atoms with Crippen LogP contribution in [0.1, 0.15) is 106 Å². The van der Waals surface area contributed by atoms with Gasteiger partial charge in [-0.15, -0.1) is 0 Å². The van der Waals surface area contributed by atoms with Crippen molar-refractivity contribution in [2.45, 2.75) is 133 Å². The zero-order valence-corrected chi connectivity index (χ0v) is 37.1. The van der Waals surface area contributed by atoms with Crippen molar-refractivity contribution >= 4 is 23.9 Å². The van der Waals surface area contributed by atoms with Crippen molar-refractivity contribution in [3.05, 3.63) is 53.1 Å². The second-order valence-electron chi connectivity index (χ2n) is 19.2. The third-order valence-corrected chi connectivity index (χ3v) is 10.1. The molecule has 0 bridgehead atoms. The van der Waals surface area contributed by atoms with E-state index in [4.69, 9.17) is 37.9 Å². The molecule has 0 radical (unpaired) electrons. The van der Waals surface area contributed by atoms with Gasteiger partial charge in [0.2, 0.25) is 0 Å². The Bertz CT molecular complexity index is 1780. The van der Waals surface area contributed by atoms with E-state index in [1.165, 1.54) is 0 Å². The molecule has 2 heterocycles. The molecule has 0 N–H and O–H groups in total. The van der Waals surface area contributed by atoms with E-state index < -0.39 is 82.2 Å². The normalized spacial score (nSPS) is 22.9. The van der Waals surface area contributed by atoms with Crippen molar-refractivity contribution in [2.24, 2.45) is 21.7 Å². The Hall–Kier alpha value is -4.36. The maximum Gasteiger partial charge on any atom is 0.311 e. The molecule has 2 aromatic carbocycles. The van der Waals surface area contributed by atoms with E-state index in [1.807, 2.05) is 36.4 Å². The minimum atomic E-state index is -1.38. The monoisotopic (exact) mass is 811 g/mol. The summed E-state index contributed by atoms with van der Waals surface area (Å²) >= 11 is 0. The lowest BCUT2D eigenvalue weighted by atomic mass is 9.86. The number of ether oxygens (including phenoxy) is 8. The van der Waals surface area contributed by atoms with Crippen LogP contribution in [0, 0.1) is 21.7 Å². The van der Waals surface area contributed by atoms with Gasteiger partial charge in [-0.2, -0.15) is 0 Å². The van der Waals surface area contributed by atoms with Gasteiger partial charge < -0.3 is 37.9 Å². The van der Waals surface area contributed by atoms with Crippen molar-refractivity contribution in [3.8, 4) is 17.2 Å². The van der Waals surface area contributed by atoms with Crippen LogP contribution in [0.25, 0.3) is 0 Å². The first-order valence-corrected chi connectivity index (χ1v) is 19.9. The highest BCUT2D eigenvalue weighted by Crippen LogP contribution is 2.44. The molecule has 1 fully saturated rings.